The van der Waals surface area contributed by atoms with Gasteiger partial charge in [0.15, 0.2) is 0 Å². The molecule has 0 bridgehead atoms. The number of carbonyl (C=O) groups is 1. The molecule has 1 atom stereocenters. The zero-order valence-electron chi connectivity index (χ0n) is 16.0. The van der Waals surface area contributed by atoms with Crippen LogP contribution in [-0.2, 0) is 17.9 Å². The molecule has 1 aliphatic heterocycles. The molecule has 2 heterocycles. The Morgan fingerprint density at radius 1 is 1.32 bits per heavy atom. The van der Waals surface area contributed by atoms with Crippen LogP contribution < -0.4 is 5.32 Å². The van der Waals surface area contributed by atoms with E-state index in [4.69, 9.17) is 0 Å². The lowest BCUT2D eigenvalue weighted by Crippen LogP contribution is -2.43. The van der Waals surface area contributed by atoms with Gasteiger partial charge in [-0.25, -0.2) is 4.98 Å². The zero-order chi connectivity index (χ0) is 17.9. The molecule has 2 aliphatic rings. The fourth-order valence-electron chi connectivity index (χ4n) is 4.39. The second-order valence-electron chi connectivity index (χ2n) is 7.43. The molecule has 25 heavy (non-hydrogen) atoms. The van der Waals surface area contributed by atoms with Crippen molar-refractivity contribution in [2.75, 3.05) is 32.7 Å². The van der Waals surface area contributed by atoms with Gasteiger partial charge in [-0.05, 0) is 58.5 Å². The van der Waals surface area contributed by atoms with Gasteiger partial charge in [-0.15, -0.1) is 0 Å². The first kappa shape index (κ1) is 18.4. The normalized spacial score (nSPS) is 21.7. The van der Waals surface area contributed by atoms with Crippen LogP contribution in [0.15, 0.2) is 12.4 Å². The molecule has 1 saturated heterocycles. The van der Waals surface area contributed by atoms with Gasteiger partial charge in [0, 0.05) is 38.1 Å². The minimum absolute atomic E-state index is 0.246. The number of aryl methyl sites for hydroxylation is 1. The lowest BCUT2D eigenvalue weighted by Gasteiger charge is -2.30. The number of rotatable bonds is 8. The Hall–Kier alpha value is -1.40. The third-order valence-corrected chi connectivity index (χ3v) is 6.13. The molecule has 6 heteroatoms. The summed E-state index contributed by atoms with van der Waals surface area (Å²) in [5.74, 6) is 1.32. The van der Waals surface area contributed by atoms with Gasteiger partial charge in [0.05, 0.1) is 13.1 Å². The van der Waals surface area contributed by atoms with Crippen LogP contribution >= 0.6 is 0 Å². The molecule has 2 fully saturated rings. The first-order valence-electron chi connectivity index (χ1n) is 9.86. The fraction of sp³-hybridized carbons (Fsp3) is 0.789. The van der Waals surface area contributed by atoms with E-state index in [9.17, 15) is 4.79 Å². The minimum atomic E-state index is 0.246. The molecule has 1 aromatic heterocycles. The molecule has 1 spiro atoms. The van der Waals surface area contributed by atoms with E-state index in [1.807, 2.05) is 17.3 Å². The lowest BCUT2D eigenvalue weighted by atomic mass is 9.93. The molecular formula is C19H33N5O. The summed E-state index contributed by atoms with van der Waals surface area (Å²) in [5.41, 5.74) is 0.429. The Morgan fingerprint density at radius 2 is 2.04 bits per heavy atom. The van der Waals surface area contributed by atoms with Crippen molar-refractivity contribution in [1.29, 1.82) is 0 Å². The van der Waals surface area contributed by atoms with Gasteiger partial charge in [-0.3, -0.25) is 9.69 Å². The van der Waals surface area contributed by atoms with E-state index in [0.717, 1.165) is 45.1 Å². The Kier molecular flexibility index (Phi) is 5.79. The Labute approximate surface area is 151 Å². The number of amides is 1. The highest BCUT2D eigenvalue weighted by molar-refractivity contribution is 5.78. The summed E-state index contributed by atoms with van der Waals surface area (Å²) < 4.78 is 2.19. The topological polar surface area (TPSA) is 53.4 Å². The Balaban J connectivity index is 1.73. The van der Waals surface area contributed by atoms with Crippen molar-refractivity contribution in [3.63, 3.8) is 0 Å². The van der Waals surface area contributed by atoms with E-state index in [1.54, 1.807) is 0 Å². The van der Waals surface area contributed by atoms with Crippen LogP contribution in [0.1, 0.15) is 45.9 Å². The maximum atomic E-state index is 12.7. The summed E-state index contributed by atoms with van der Waals surface area (Å²) in [6, 6.07) is 0.524. The number of piperidine rings is 1. The molecule has 1 unspecified atom stereocenters. The van der Waals surface area contributed by atoms with Crippen molar-refractivity contribution in [2.24, 2.45) is 5.41 Å². The van der Waals surface area contributed by atoms with Crippen molar-refractivity contribution in [3.05, 3.63) is 18.2 Å². The lowest BCUT2D eigenvalue weighted by molar-refractivity contribution is -0.132. The van der Waals surface area contributed by atoms with Crippen molar-refractivity contribution >= 4 is 5.91 Å². The van der Waals surface area contributed by atoms with E-state index in [0.29, 0.717) is 18.0 Å². The van der Waals surface area contributed by atoms with E-state index in [2.05, 4.69) is 40.5 Å². The molecule has 6 nitrogen and oxygen atoms in total. The summed E-state index contributed by atoms with van der Waals surface area (Å²) >= 11 is 0. The van der Waals surface area contributed by atoms with E-state index < -0.39 is 0 Å². The molecule has 1 aromatic rings. The van der Waals surface area contributed by atoms with Gasteiger partial charge in [0.1, 0.15) is 5.82 Å². The number of nitrogens with zero attached hydrogens (tertiary/aromatic N) is 4. The first-order valence-corrected chi connectivity index (χ1v) is 9.86. The molecule has 1 aliphatic carbocycles. The van der Waals surface area contributed by atoms with Gasteiger partial charge in [0.2, 0.25) is 5.91 Å². The highest BCUT2D eigenvalue weighted by atomic mass is 16.2. The van der Waals surface area contributed by atoms with Gasteiger partial charge < -0.3 is 14.8 Å². The second-order valence-corrected chi connectivity index (χ2v) is 7.43. The molecule has 3 rings (SSSR count). The fourth-order valence-corrected chi connectivity index (χ4v) is 4.39. The van der Waals surface area contributed by atoms with E-state index in [-0.39, 0.29) is 5.91 Å². The van der Waals surface area contributed by atoms with Crippen LogP contribution in [0.5, 0.6) is 0 Å². The second kappa shape index (κ2) is 7.87. The van der Waals surface area contributed by atoms with Gasteiger partial charge in [-0.2, -0.15) is 0 Å². The first-order chi connectivity index (χ1) is 12.1. The number of nitrogens with one attached hydrogen (secondary N) is 1. The molecule has 1 amide bonds. The summed E-state index contributed by atoms with van der Waals surface area (Å²) in [6.45, 7) is 12.2. The van der Waals surface area contributed by atoms with Crippen LogP contribution in [0.25, 0.3) is 0 Å². The maximum absolute atomic E-state index is 12.7. The number of hydrogen-bond acceptors (Lipinski definition) is 4. The third kappa shape index (κ3) is 3.90. The average Bonchev–Trinajstić information content (AvgIpc) is 3.11. The summed E-state index contributed by atoms with van der Waals surface area (Å²) in [7, 11) is 0. The van der Waals surface area contributed by atoms with Crippen molar-refractivity contribution < 1.29 is 4.79 Å². The Bertz CT molecular complexity index is 574. The smallest absolute Gasteiger partial charge is 0.236 e. The molecule has 1 saturated carbocycles. The van der Waals surface area contributed by atoms with Gasteiger partial charge >= 0.3 is 0 Å². The van der Waals surface area contributed by atoms with Gasteiger partial charge in [-0.1, -0.05) is 0 Å². The van der Waals surface area contributed by atoms with E-state index >= 15 is 0 Å². The largest absolute Gasteiger partial charge is 0.342 e. The van der Waals surface area contributed by atoms with E-state index in [1.165, 1.54) is 19.3 Å². The molecule has 0 aromatic carbocycles. The van der Waals surface area contributed by atoms with Crippen molar-refractivity contribution in [2.45, 2.75) is 59.2 Å². The van der Waals surface area contributed by atoms with Gasteiger partial charge in [0.25, 0.3) is 0 Å². The predicted octanol–water partition coefficient (Wildman–Crippen LogP) is 1.72. The maximum Gasteiger partial charge on any atom is 0.236 e. The molecular weight excluding hydrogens is 314 g/mol. The zero-order valence-corrected chi connectivity index (χ0v) is 16.0. The molecule has 140 valence electrons. The minimum Gasteiger partial charge on any atom is -0.342 e. The Morgan fingerprint density at radius 3 is 2.68 bits per heavy atom. The summed E-state index contributed by atoms with van der Waals surface area (Å²) in [4.78, 5) is 21.6. The monoisotopic (exact) mass is 347 g/mol. The van der Waals surface area contributed by atoms with Crippen molar-refractivity contribution in [3.8, 4) is 0 Å². The number of aromatic nitrogens is 2. The van der Waals surface area contributed by atoms with Crippen molar-refractivity contribution in [1.82, 2.24) is 24.7 Å². The predicted molar refractivity (Wildman–Crippen MR) is 99.2 cm³/mol. The summed E-state index contributed by atoms with van der Waals surface area (Å²) in [5, 5.41) is 3.47. The SMILES string of the molecule is CCN(CC)C(=O)CN(Cc1nccn1CC)C1CC12CCNCC2. The molecule has 0 radical (unpaired) electrons. The molecule has 1 N–H and O–H groups in total. The number of carbonyl (C=O) groups excluding carboxylic acids is 1. The highest BCUT2D eigenvalue weighted by Gasteiger charge is 2.56. The van der Waals surface area contributed by atoms with Crippen LogP contribution in [-0.4, -0.2) is 64.0 Å². The highest BCUT2D eigenvalue weighted by Crippen LogP contribution is 2.55. The third-order valence-electron chi connectivity index (χ3n) is 6.13. The van der Waals surface area contributed by atoms with Crippen LogP contribution in [0.3, 0.4) is 0 Å². The standard InChI is InChI=1S/C19H33N5O/c1-4-22(5-2)18(25)15-24(14-17-21-11-12-23(17)6-3)16-13-19(16)7-9-20-10-8-19/h11-12,16,20H,4-10,13-15H2,1-3H3. The average molecular weight is 348 g/mol. The number of likely N-dealkylation sites (N-methyl/N-ethyl adjacent to an activating group) is 1. The quantitative estimate of drug-likeness (QED) is 0.778. The van der Waals surface area contributed by atoms with Crippen LogP contribution in [0, 0.1) is 5.41 Å². The number of imidazole rings is 1. The van der Waals surface area contributed by atoms with Crippen LogP contribution in [0.2, 0.25) is 0 Å². The summed E-state index contributed by atoms with van der Waals surface area (Å²) in [6.07, 6.45) is 7.60. The number of hydrogen-bond donors (Lipinski definition) is 1. The van der Waals surface area contributed by atoms with Crippen LogP contribution in [0.4, 0.5) is 0 Å².